The molecule has 4 heteroatoms. The van der Waals surface area contributed by atoms with Gasteiger partial charge >= 0.3 is 0 Å². The van der Waals surface area contributed by atoms with E-state index in [4.69, 9.17) is 0 Å². The van der Waals surface area contributed by atoms with E-state index in [1.165, 1.54) is 12.1 Å². The quantitative estimate of drug-likeness (QED) is 0.802. The second-order valence-corrected chi connectivity index (χ2v) is 5.97. The Morgan fingerprint density at radius 2 is 1.63 bits per heavy atom. The van der Waals surface area contributed by atoms with Crippen molar-refractivity contribution in [2.24, 2.45) is 5.41 Å². The van der Waals surface area contributed by atoms with Gasteiger partial charge in [0.05, 0.1) is 0 Å². The molecular weight excluding hydrogens is 253 g/mol. The van der Waals surface area contributed by atoms with E-state index in [1.54, 1.807) is 0 Å². The molecule has 3 aliphatic rings. The number of fused-ring (bicyclic) bond motifs is 2. The Labute approximate surface area is 109 Å². The van der Waals surface area contributed by atoms with Crippen molar-refractivity contribution in [2.75, 3.05) is 0 Å². The first-order valence-electron chi connectivity index (χ1n) is 6.44. The maximum atomic E-state index is 14.1. The summed E-state index contributed by atoms with van der Waals surface area (Å²) >= 11 is 0. The maximum Gasteiger partial charge on any atom is 0.200 e. The molecule has 0 aliphatic heterocycles. The predicted octanol–water partition coefficient (Wildman–Crippen LogP) is 4.36. The minimum Gasteiger partial charge on any atom is -0.505 e. The van der Waals surface area contributed by atoms with Gasteiger partial charge in [0, 0.05) is 16.4 Å². The molecule has 0 atom stereocenters. The number of allylic oxidation sites excluding steroid dienone is 2. The molecule has 1 saturated carbocycles. The number of phenols is 1. The van der Waals surface area contributed by atoms with Crippen LogP contribution in [0.1, 0.15) is 38.2 Å². The molecular formula is C15H15F3O. The van der Waals surface area contributed by atoms with Crippen LogP contribution in [0.4, 0.5) is 13.2 Å². The summed E-state index contributed by atoms with van der Waals surface area (Å²) in [6.07, 6.45) is 3.94. The number of aromatic hydroxyl groups is 1. The summed E-state index contributed by atoms with van der Waals surface area (Å²) in [5.74, 6) is -3.24. The highest BCUT2D eigenvalue weighted by Gasteiger charge is 2.49. The molecule has 1 fully saturated rings. The molecule has 0 amide bonds. The third-order valence-corrected chi connectivity index (χ3v) is 4.82. The molecule has 0 aromatic heterocycles. The van der Waals surface area contributed by atoms with Crippen LogP contribution in [-0.2, 0) is 5.41 Å². The number of hydrogen-bond donors (Lipinski definition) is 1. The Hall–Kier alpha value is -1.45. The van der Waals surface area contributed by atoms with Crippen LogP contribution in [0.3, 0.4) is 0 Å². The molecule has 0 unspecified atom stereocenters. The normalized spacial score (nSPS) is 33.4. The van der Waals surface area contributed by atoms with E-state index in [-0.39, 0.29) is 11.4 Å². The Bertz CT molecular complexity index is 569. The molecule has 1 N–H and O–H groups in total. The lowest BCUT2D eigenvalue weighted by molar-refractivity contribution is 0.139. The van der Waals surface area contributed by atoms with Gasteiger partial charge < -0.3 is 5.11 Å². The van der Waals surface area contributed by atoms with E-state index in [1.807, 2.05) is 6.92 Å². The van der Waals surface area contributed by atoms with E-state index in [2.05, 4.69) is 0 Å². The average molecular weight is 268 g/mol. The van der Waals surface area contributed by atoms with Gasteiger partial charge in [-0.15, -0.1) is 0 Å². The third kappa shape index (κ3) is 1.62. The van der Waals surface area contributed by atoms with Crippen LogP contribution >= 0.6 is 0 Å². The van der Waals surface area contributed by atoms with Gasteiger partial charge in [-0.1, -0.05) is 13.0 Å². The molecule has 1 nitrogen and oxygen atoms in total. The zero-order chi connectivity index (χ0) is 13.8. The Balaban J connectivity index is 2.16. The first-order chi connectivity index (χ1) is 8.88. The van der Waals surface area contributed by atoms with Crippen LogP contribution in [0.15, 0.2) is 24.0 Å². The number of phenolic OH excluding ortho intramolecular Hbond substituents is 1. The number of halogens is 3. The molecule has 0 heterocycles. The monoisotopic (exact) mass is 268 g/mol. The molecule has 0 radical (unpaired) electrons. The van der Waals surface area contributed by atoms with Crippen LogP contribution in [0.25, 0.3) is 0 Å². The molecule has 3 aliphatic carbocycles. The van der Waals surface area contributed by atoms with Gasteiger partial charge in [0.15, 0.2) is 11.6 Å². The van der Waals surface area contributed by atoms with Gasteiger partial charge in [-0.2, -0.15) is 4.39 Å². The maximum absolute atomic E-state index is 14.1. The van der Waals surface area contributed by atoms with E-state index in [0.717, 1.165) is 6.07 Å². The molecule has 102 valence electrons. The van der Waals surface area contributed by atoms with Gasteiger partial charge in [-0.05, 0) is 37.8 Å². The first kappa shape index (κ1) is 12.6. The van der Waals surface area contributed by atoms with Crippen molar-refractivity contribution < 1.29 is 18.3 Å². The lowest BCUT2D eigenvalue weighted by Crippen LogP contribution is -2.41. The molecule has 0 saturated heterocycles. The molecule has 2 bridgehead atoms. The van der Waals surface area contributed by atoms with Crippen molar-refractivity contribution in [2.45, 2.75) is 38.0 Å². The summed E-state index contributed by atoms with van der Waals surface area (Å²) in [7, 11) is 0. The smallest absolute Gasteiger partial charge is 0.200 e. The zero-order valence-electron chi connectivity index (χ0n) is 10.6. The van der Waals surface area contributed by atoms with Crippen molar-refractivity contribution >= 4 is 0 Å². The van der Waals surface area contributed by atoms with Gasteiger partial charge in [0.25, 0.3) is 0 Å². The lowest BCUT2D eigenvalue weighted by Gasteiger charge is -2.48. The highest BCUT2D eigenvalue weighted by Crippen LogP contribution is 2.57. The SMILES string of the molecule is CC12CCC(c3ccc(O)c(F)c3F)(C=C1F)CC2. The Morgan fingerprint density at radius 1 is 1.00 bits per heavy atom. The van der Waals surface area contributed by atoms with E-state index in [0.29, 0.717) is 25.7 Å². The summed E-state index contributed by atoms with van der Waals surface area (Å²) in [5, 5.41) is 9.18. The standard InChI is InChI=1S/C15H15F3O/c1-14-4-6-15(7-5-14,8-11(14)16)9-2-3-10(19)13(18)12(9)17/h2-3,8,19H,4-7H2,1H3. The van der Waals surface area contributed by atoms with Crippen LogP contribution in [0.2, 0.25) is 0 Å². The van der Waals surface area contributed by atoms with Crippen LogP contribution in [0, 0.1) is 17.0 Å². The topological polar surface area (TPSA) is 20.2 Å². The summed E-state index contributed by atoms with van der Waals surface area (Å²) in [5.41, 5.74) is -1.05. The molecule has 0 spiro atoms. The van der Waals surface area contributed by atoms with Crippen molar-refractivity contribution in [3.63, 3.8) is 0 Å². The third-order valence-electron chi connectivity index (χ3n) is 4.82. The minimum absolute atomic E-state index is 0.153. The molecule has 1 aromatic rings. The summed E-state index contributed by atoms with van der Waals surface area (Å²) in [6, 6.07) is 2.50. The van der Waals surface area contributed by atoms with Crippen molar-refractivity contribution in [3.8, 4) is 5.75 Å². The Morgan fingerprint density at radius 3 is 2.21 bits per heavy atom. The molecule has 4 rings (SSSR count). The van der Waals surface area contributed by atoms with Crippen molar-refractivity contribution in [1.82, 2.24) is 0 Å². The second-order valence-electron chi connectivity index (χ2n) is 5.97. The van der Waals surface area contributed by atoms with Gasteiger partial charge in [-0.3, -0.25) is 0 Å². The fraction of sp³-hybridized carbons (Fsp3) is 0.467. The van der Waals surface area contributed by atoms with Gasteiger partial charge in [-0.25, -0.2) is 8.78 Å². The Kier molecular flexibility index (Phi) is 2.50. The summed E-state index contributed by atoms with van der Waals surface area (Å²) in [4.78, 5) is 0. The number of hydrogen-bond acceptors (Lipinski definition) is 1. The first-order valence-corrected chi connectivity index (χ1v) is 6.44. The highest BCUT2D eigenvalue weighted by atomic mass is 19.2. The fourth-order valence-electron chi connectivity index (χ4n) is 3.32. The molecule has 19 heavy (non-hydrogen) atoms. The largest absolute Gasteiger partial charge is 0.505 e. The molecule has 1 aromatic carbocycles. The predicted molar refractivity (Wildman–Crippen MR) is 65.5 cm³/mol. The highest BCUT2D eigenvalue weighted by molar-refractivity contribution is 5.41. The van der Waals surface area contributed by atoms with E-state index < -0.39 is 28.2 Å². The lowest BCUT2D eigenvalue weighted by atomic mass is 9.56. The van der Waals surface area contributed by atoms with Crippen molar-refractivity contribution in [3.05, 3.63) is 41.2 Å². The summed E-state index contributed by atoms with van der Waals surface area (Å²) < 4.78 is 41.6. The van der Waals surface area contributed by atoms with Crippen LogP contribution in [0.5, 0.6) is 5.75 Å². The fourth-order valence-corrected chi connectivity index (χ4v) is 3.32. The summed E-state index contributed by atoms with van der Waals surface area (Å²) in [6.45, 7) is 1.87. The number of rotatable bonds is 1. The van der Waals surface area contributed by atoms with Crippen LogP contribution in [-0.4, -0.2) is 5.11 Å². The van der Waals surface area contributed by atoms with Gasteiger partial charge in [0.2, 0.25) is 5.82 Å². The van der Waals surface area contributed by atoms with Gasteiger partial charge in [0.1, 0.15) is 5.83 Å². The van der Waals surface area contributed by atoms with Crippen molar-refractivity contribution in [1.29, 1.82) is 0 Å². The second kappa shape index (κ2) is 3.78. The van der Waals surface area contributed by atoms with E-state index >= 15 is 0 Å². The number of benzene rings is 1. The minimum atomic E-state index is -1.25. The zero-order valence-corrected chi connectivity index (χ0v) is 10.6. The van der Waals surface area contributed by atoms with Crippen LogP contribution < -0.4 is 0 Å². The average Bonchev–Trinajstić information content (AvgIpc) is 2.38. The van der Waals surface area contributed by atoms with E-state index in [9.17, 15) is 18.3 Å².